The van der Waals surface area contributed by atoms with E-state index >= 15 is 0 Å². The van der Waals surface area contributed by atoms with Gasteiger partial charge in [0.2, 0.25) is 0 Å². The fourth-order valence-electron chi connectivity index (χ4n) is 3.02. The molecule has 0 saturated carbocycles. The molecule has 0 radical (unpaired) electrons. The summed E-state index contributed by atoms with van der Waals surface area (Å²) in [6.07, 6.45) is 6.49. The van der Waals surface area contributed by atoms with Crippen LogP contribution in [0.1, 0.15) is 22.1 Å². The maximum absolute atomic E-state index is 13.5. The first-order chi connectivity index (χ1) is 13.1. The Balaban J connectivity index is 1.53. The van der Waals surface area contributed by atoms with E-state index in [2.05, 4.69) is 15.0 Å². The van der Waals surface area contributed by atoms with E-state index in [0.717, 1.165) is 17.8 Å². The molecule has 1 aromatic carbocycles. The van der Waals surface area contributed by atoms with E-state index in [1.165, 1.54) is 6.07 Å². The number of aromatic nitrogens is 4. The normalized spacial score (nSPS) is 16.1. The molecule has 138 valence electrons. The van der Waals surface area contributed by atoms with Crippen LogP contribution in [-0.4, -0.2) is 43.5 Å². The van der Waals surface area contributed by atoms with Crippen molar-refractivity contribution in [3.05, 3.63) is 72.1 Å². The molecule has 3 heterocycles. The van der Waals surface area contributed by atoms with Crippen molar-refractivity contribution in [1.82, 2.24) is 24.4 Å². The third-order valence-corrected chi connectivity index (χ3v) is 4.32. The van der Waals surface area contributed by atoms with Gasteiger partial charge in [0, 0.05) is 30.7 Å². The number of benzene rings is 1. The zero-order chi connectivity index (χ0) is 18.8. The van der Waals surface area contributed by atoms with Crippen molar-refractivity contribution < 1.29 is 18.3 Å². The second-order valence-electron chi connectivity index (χ2n) is 6.10. The number of carbonyl (C=O) groups is 1. The number of fused-ring (bicyclic) bond motifs is 1. The molecule has 7 nitrogen and oxygen atoms in total. The zero-order valence-electron chi connectivity index (χ0n) is 14.1. The number of ether oxygens (including phenoxy) is 1. The number of amides is 1. The van der Waals surface area contributed by atoms with Crippen molar-refractivity contribution in [3.8, 4) is 6.01 Å². The number of halogens is 2. The fourth-order valence-corrected chi connectivity index (χ4v) is 3.02. The van der Waals surface area contributed by atoms with Gasteiger partial charge in [-0.1, -0.05) is 0 Å². The predicted octanol–water partition coefficient (Wildman–Crippen LogP) is 2.23. The van der Waals surface area contributed by atoms with Crippen molar-refractivity contribution >= 4 is 5.91 Å². The lowest BCUT2D eigenvalue weighted by Crippen LogP contribution is -2.42. The van der Waals surface area contributed by atoms with E-state index in [0.29, 0.717) is 13.1 Å². The molecule has 2 aromatic heterocycles. The third-order valence-electron chi connectivity index (χ3n) is 4.32. The molecule has 1 amide bonds. The lowest BCUT2D eigenvalue weighted by Gasteiger charge is -2.34. The molecule has 1 atom stereocenters. The zero-order valence-corrected chi connectivity index (χ0v) is 14.1. The second-order valence-corrected chi connectivity index (χ2v) is 6.10. The number of imidazole rings is 1. The molecule has 27 heavy (non-hydrogen) atoms. The molecule has 0 spiro atoms. The molecule has 9 heteroatoms. The van der Waals surface area contributed by atoms with Crippen LogP contribution in [0.4, 0.5) is 8.78 Å². The van der Waals surface area contributed by atoms with Gasteiger partial charge >= 0.3 is 6.01 Å². The van der Waals surface area contributed by atoms with Crippen LogP contribution in [-0.2, 0) is 6.54 Å². The summed E-state index contributed by atoms with van der Waals surface area (Å²) >= 11 is 0. The van der Waals surface area contributed by atoms with Gasteiger partial charge in [0.05, 0.1) is 24.6 Å². The molecular formula is C18H15F2N5O2. The van der Waals surface area contributed by atoms with E-state index in [4.69, 9.17) is 4.74 Å². The average molecular weight is 371 g/mol. The minimum absolute atomic E-state index is 0.0907. The van der Waals surface area contributed by atoms with Gasteiger partial charge in [-0.25, -0.2) is 23.7 Å². The van der Waals surface area contributed by atoms with Crippen LogP contribution >= 0.6 is 0 Å². The summed E-state index contributed by atoms with van der Waals surface area (Å²) in [5.74, 6) is -2.43. The Bertz CT molecular complexity index is 963. The first-order valence-electron chi connectivity index (χ1n) is 8.26. The van der Waals surface area contributed by atoms with Crippen LogP contribution in [0.15, 0.2) is 49.2 Å². The number of carbonyl (C=O) groups excluding carboxylic acids is 1. The van der Waals surface area contributed by atoms with Crippen molar-refractivity contribution in [1.29, 1.82) is 0 Å². The number of hydrogen-bond acceptors (Lipinski definition) is 5. The highest BCUT2D eigenvalue weighted by Gasteiger charge is 2.29. The Labute approximate surface area is 153 Å². The standard InChI is InChI=1S/C18H15F2N5O2/c19-15-3-2-12(6-16(15)20)17(26)24-8-13-7-21-11-25(13)14(9-24)10-27-18-22-4-1-5-23-18/h1-7,11,14H,8-10H2. The van der Waals surface area contributed by atoms with Crippen molar-refractivity contribution in [3.63, 3.8) is 0 Å². The average Bonchev–Trinajstić information content (AvgIpc) is 3.17. The molecule has 0 bridgehead atoms. The Kier molecular flexibility index (Phi) is 4.49. The monoisotopic (exact) mass is 371 g/mol. The highest BCUT2D eigenvalue weighted by Crippen LogP contribution is 2.23. The van der Waals surface area contributed by atoms with Crippen molar-refractivity contribution in [2.45, 2.75) is 12.6 Å². The largest absolute Gasteiger partial charge is 0.461 e. The first kappa shape index (κ1) is 17.1. The van der Waals surface area contributed by atoms with E-state index < -0.39 is 11.6 Å². The third kappa shape index (κ3) is 3.48. The quantitative estimate of drug-likeness (QED) is 0.703. The Morgan fingerprint density at radius 2 is 2.04 bits per heavy atom. The van der Waals surface area contributed by atoms with Crippen LogP contribution in [0.5, 0.6) is 6.01 Å². The Morgan fingerprint density at radius 3 is 2.81 bits per heavy atom. The van der Waals surface area contributed by atoms with Crippen LogP contribution in [0, 0.1) is 11.6 Å². The molecule has 1 unspecified atom stereocenters. The molecule has 1 aliphatic rings. The lowest BCUT2D eigenvalue weighted by atomic mass is 10.1. The minimum Gasteiger partial charge on any atom is -0.461 e. The molecule has 0 aliphatic carbocycles. The number of hydrogen-bond donors (Lipinski definition) is 0. The Morgan fingerprint density at radius 1 is 1.22 bits per heavy atom. The number of rotatable bonds is 4. The maximum atomic E-state index is 13.5. The van der Waals surface area contributed by atoms with Crippen LogP contribution in [0.25, 0.3) is 0 Å². The SMILES string of the molecule is O=C(c1ccc(F)c(F)c1)N1Cc2cncn2C(COc2ncccn2)C1. The highest BCUT2D eigenvalue weighted by molar-refractivity contribution is 5.94. The van der Waals surface area contributed by atoms with Gasteiger partial charge < -0.3 is 14.2 Å². The van der Waals surface area contributed by atoms with Crippen molar-refractivity contribution in [2.24, 2.45) is 0 Å². The van der Waals surface area contributed by atoms with Crippen molar-refractivity contribution in [2.75, 3.05) is 13.2 Å². The van der Waals surface area contributed by atoms with E-state index in [1.807, 2.05) is 4.57 Å². The molecule has 3 aromatic rings. The summed E-state index contributed by atoms with van der Waals surface area (Å²) in [6, 6.07) is 4.84. The van der Waals surface area contributed by atoms with Gasteiger partial charge in [0.1, 0.15) is 6.61 Å². The fraction of sp³-hybridized carbons (Fsp3) is 0.222. The summed E-state index contributed by atoms with van der Waals surface area (Å²) in [7, 11) is 0. The van der Waals surface area contributed by atoms with Gasteiger partial charge in [-0.3, -0.25) is 4.79 Å². The molecule has 0 N–H and O–H groups in total. The molecular weight excluding hydrogens is 356 g/mol. The minimum atomic E-state index is -1.05. The summed E-state index contributed by atoms with van der Waals surface area (Å²) in [5.41, 5.74) is 0.910. The van der Waals surface area contributed by atoms with Gasteiger partial charge in [0.25, 0.3) is 5.91 Å². The van der Waals surface area contributed by atoms with E-state index in [9.17, 15) is 13.6 Å². The second kappa shape index (κ2) is 7.10. The number of nitrogens with zero attached hydrogens (tertiary/aromatic N) is 5. The van der Waals surface area contributed by atoms with Crippen LogP contribution in [0.2, 0.25) is 0 Å². The van der Waals surface area contributed by atoms with Gasteiger partial charge in [-0.05, 0) is 24.3 Å². The van der Waals surface area contributed by atoms with E-state index in [1.54, 1.807) is 35.9 Å². The summed E-state index contributed by atoms with van der Waals surface area (Å²) in [6.45, 7) is 0.874. The first-order valence-corrected chi connectivity index (χ1v) is 8.26. The van der Waals surface area contributed by atoms with Crippen LogP contribution < -0.4 is 4.74 Å². The summed E-state index contributed by atoms with van der Waals surface area (Å²) < 4.78 is 34.2. The molecule has 0 fully saturated rings. The van der Waals surface area contributed by atoms with Crippen LogP contribution in [0.3, 0.4) is 0 Å². The Hall–Kier alpha value is -3.36. The van der Waals surface area contributed by atoms with Gasteiger partial charge in [-0.15, -0.1) is 0 Å². The lowest BCUT2D eigenvalue weighted by molar-refractivity contribution is 0.0643. The smallest absolute Gasteiger partial charge is 0.316 e. The topological polar surface area (TPSA) is 73.1 Å². The maximum Gasteiger partial charge on any atom is 0.316 e. The van der Waals surface area contributed by atoms with Gasteiger partial charge in [-0.2, -0.15) is 0 Å². The predicted molar refractivity (Wildman–Crippen MR) is 89.9 cm³/mol. The molecule has 0 saturated heterocycles. The molecule has 1 aliphatic heterocycles. The van der Waals surface area contributed by atoms with E-state index in [-0.39, 0.29) is 30.1 Å². The highest BCUT2D eigenvalue weighted by atomic mass is 19.2. The molecule has 4 rings (SSSR count). The summed E-state index contributed by atoms with van der Waals surface area (Å²) in [4.78, 5) is 26.5. The van der Waals surface area contributed by atoms with Gasteiger partial charge in [0.15, 0.2) is 11.6 Å². The summed E-state index contributed by atoms with van der Waals surface area (Å²) in [5, 5.41) is 0.